The fraction of sp³-hybridized carbons (Fsp3) is 0.200. The smallest absolute Gasteiger partial charge is 0.122 e. The molecule has 0 aliphatic rings. The van der Waals surface area contributed by atoms with Crippen molar-refractivity contribution in [2.24, 2.45) is 0 Å². The van der Waals surface area contributed by atoms with Gasteiger partial charge in [0.2, 0.25) is 0 Å². The van der Waals surface area contributed by atoms with Crippen LogP contribution in [0.2, 0.25) is 0 Å². The van der Waals surface area contributed by atoms with Gasteiger partial charge in [0.1, 0.15) is 11.4 Å². The van der Waals surface area contributed by atoms with Crippen molar-refractivity contribution in [1.29, 1.82) is 0 Å². The molecule has 5 heterocycles. The third kappa shape index (κ3) is 4.92. The third-order valence-electron chi connectivity index (χ3n) is 6.87. The molecule has 39 heavy (non-hydrogen) atoms. The Kier molecular flexibility index (Phi) is 6.64. The molecule has 9 heteroatoms. The first-order chi connectivity index (χ1) is 19.1. The van der Waals surface area contributed by atoms with E-state index in [9.17, 15) is 0 Å². The van der Waals surface area contributed by atoms with Gasteiger partial charge in [-0.3, -0.25) is 19.6 Å². The van der Waals surface area contributed by atoms with Gasteiger partial charge < -0.3 is 5.32 Å². The molecule has 0 saturated carbocycles. The summed E-state index contributed by atoms with van der Waals surface area (Å²) in [5.74, 6) is 0. The van der Waals surface area contributed by atoms with Crippen molar-refractivity contribution in [3.63, 3.8) is 0 Å². The maximum Gasteiger partial charge on any atom is 0.122 e. The van der Waals surface area contributed by atoms with Crippen molar-refractivity contribution < 1.29 is 0 Å². The Morgan fingerprint density at radius 3 is 2.67 bits per heavy atom. The minimum Gasteiger partial charge on any atom is -0.318 e. The molecule has 0 saturated heterocycles. The second-order valence-electron chi connectivity index (χ2n) is 9.58. The summed E-state index contributed by atoms with van der Waals surface area (Å²) in [4.78, 5) is 13.9. The quantitative estimate of drug-likeness (QED) is 0.306. The minimum absolute atomic E-state index is 0.0783. The molecule has 6 rings (SSSR count). The van der Waals surface area contributed by atoms with Gasteiger partial charge in [-0.05, 0) is 62.9 Å². The minimum atomic E-state index is -0.0783. The van der Waals surface area contributed by atoms with Crippen LogP contribution in [0.4, 0.5) is 0 Å². The molecule has 5 aromatic heterocycles. The van der Waals surface area contributed by atoms with E-state index in [0.29, 0.717) is 0 Å². The Labute approximate surface area is 226 Å². The van der Waals surface area contributed by atoms with Gasteiger partial charge in [0.25, 0.3) is 0 Å². The molecular formula is C30H29N9. The van der Waals surface area contributed by atoms with Crippen molar-refractivity contribution in [3.8, 4) is 33.8 Å². The lowest BCUT2D eigenvalue weighted by Crippen LogP contribution is -2.14. The summed E-state index contributed by atoms with van der Waals surface area (Å²) in [6, 6.07) is 18.3. The van der Waals surface area contributed by atoms with Crippen LogP contribution in [0.1, 0.15) is 24.2 Å². The predicted octanol–water partition coefficient (Wildman–Crippen LogP) is 4.95. The Morgan fingerprint density at radius 2 is 1.85 bits per heavy atom. The number of aryl methyl sites for hydroxylation is 1. The molecule has 1 atom stereocenters. The van der Waals surface area contributed by atoms with E-state index >= 15 is 0 Å². The van der Waals surface area contributed by atoms with Crippen LogP contribution in [-0.2, 0) is 6.54 Å². The number of likely N-dealkylation sites (N-methyl/N-ethyl adjacent to an activating group) is 1. The fourth-order valence-electron chi connectivity index (χ4n) is 4.73. The number of hydrogen-bond acceptors (Lipinski definition) is 7. The molecule has 9 nitrogen and oxygen atoms in total. The van der Waals surface area contributed by atoms with Crippen LogP contribution in [0.25, 0.3) is 44.7 Å². The highest BCUT2D eigenvalue weighted by Crippen LogP contribution is 2.34. The van der Waals surface area contributed by atoms with E-state index in [1.165, 1.54) is 0 Å². The van der Waals surface area contributed by atoms with Crippen LogP contribution >= 0.6 is 0 Å². The molecule has 1 unspecified atom stereocenters. The van der Waals surface area contributed by atoms with Gasteiger partial charge in [0.15, 0.2) is 0 Å². The van der Waals surface area contributed by atoms with E-state index in [1.807, 2.05) is 78.3 Å². The van der Waals surface area contributed by atoms with E-state index < -0.39 is 0 Å². The van der Waals surface area contributed by atoms with E-state index in [1.54, 1.807) is 6.20 Å². The van der Waals surface area contributed by atoms with Crippen molar-refractivity contribution in [1.82, 2.24) is 45.0 Å². The van der Waals surface area contributed by atoms with Crippen molar-refractivity contribution in [2.45, 2.75) is 26.4 Å². The van der Waals surface area contributed by atoms with Crippen LogP contribution in [0, 0.1) is 6.92 Å². The summed E-state index contributed by atoms with van der Waals surface area (Å²) in [5.41, 5.74) is 8.36. The summed E-state index contributed by atoms with van der Waals surface area (Å²) in [6.45, 7) is 5.76. The van der Waals surface area contributed by atoms with E-state index in [0.717, 1.165) is 69.0 Å². The van der Waals surface area contributed by atoms with Gasteiger partial charge in [-0.25, -0.2) is 4.68 Å². The zero-order valence-corrected chi connectivity index (χ0v) is 22.2. The van der Waals surface area contributed by atoms with Crippen LogP contribution in [-0.4, -0.2) is 53.3 Å². The molecule has 0 fully saturated rings. The highest BCUT2D eigenvalue weighted by Gasteiger charge is 2.22. The van der Waals surface area contributed by atoms with Gasteiger partial charge in [0.05, 0.1) is 30.0 Å². The summed E-state index contributed by atoms with van der Waals surface area (Å²) in [6.07, 6.45) is 9.47. The first kappa shape index (κ1) is 24.6. The Bertz CT molecular complexity index is 1740. The lowest BCUT2D eigenvalue weighted by molar-refractivity contribution is 0.546. The second-order valence-corrected chi connectivity index (χ2v) is 9.58. The predicted molar refractivity (Wildman–Crippen MR) is 152 cm³/mol. The number of hydrogen-bond donors (Lipinski definition) is 1. The molecule has 194 valence electrons. The van der Waals surface area contributed by atoms with E-state index in [2.05, 4.69) is 57.0 Å². The average molecular weight is 516 g/mol. The molecule has 1 N–H and O–H groups in total. The summed E-state index contributed by atoms with van der Waals surface area (Å²) < 4.78 is 3.88. The third-order valence-corrected chi connectivity index (χ3v) is 6.87. The van der Waals surface area contributed by atoms with Gasteiger partial charge >= 0.3 is 0 Å². The molecule has 0 aliphatic heterocycles. The monoisotopic (exact) mass is 515 g/mol. The molecule has 0 spiro atoms. The number of pyridine rings is 3. The summed E-state index contributed by atoms with van der Waals surface area (Å²) in [5, 5.41) is 17.9. The second kappa shape index (κ2) is 10.5. The molecule has 0 radical (unpaired) electrons. The highest BCUT2D eigenvalue weighted by molar-refractivity contribution is 5.89. The molecule has 1 aromatic carbocycles. The lowest BCUT2D eigenvalue weighted by Gasteiger charge is -2.15. The van der Waals surface area contributed by atoms with Gasteiger partial charge in [-0.15, -0.1) is 5.10 Å². The zero-order valence-electron chi connectivity index (χ0n) is 22.2. The topological polar surface area (TPSA) is 99.2 Å². The number of aromatic nitrogens is 8. The average Bonchev–Trinajstić information content (AvgIpc) is 3.63. The van der Waals surface area contributed by atoms with Crippen molar-refractivity contribution in [3.05, 3.63) is 96.8 Å². The number of rotatable bonds is 8. The first-order valence-electron chi connectivity index (χ1n) is 13.0. The van der Waals surface area contributed by atoms with Crippen LogP contribution in [0.5, 0.6) is 0 Å². The van der Waals surface area contributed by atoms with Crippen molar-refractivity contribution >= 4 is 10.9 Å². The van der Waals surface area contributed by atoms with Crippen LogP contribution in [0.15, 0.2) is 85.6 Å². The molecular weight excluding hydrogens is 486 g/mol. The molecule has 0 bridgehead atoms. The Hall–Kier alpha value is -4.76. The van der Waals surface area contributed by atoms with Gasteiger partial charge in [-0.1, -0.05) is 23.4 Å². The van der Waals surface area contributed by atoms with E-state index in [-0.39, 0.29) is 6.04 Å². The van der Waals surface area contributed by atoms with Gasteiger partial charge in [-0.2, -0.15) is 5.10 Å². The number of benzene rings is 1. The van der Waals surface area contributed by atoms with Crippen molar-refractivity contribution in [2.75, 3.05) is 13.6 Å². The number of nitrogens with one attached hydrogen (secondary N) is 1. The zero-order chi connectivity index (χ0) is 26.8. The van der Waals surface area contributed by atoms with Gasteiger partial charge in [0, 0.05) is 59.1 Å². The largest absolute Gasteiger partial charge is 0.318 e. The maximum atomic E-state index is 4.84. The molecule has 0 amide bonds. The lowest BCUT2D eigenvalue weighted by atomic mass is 10.0. The normalized spacial score (nSPS) is 12.2. The first-order valence-corrected chi connectivity index (χ1v) is 13.0. The maximum absolute atomic E-state index is 4.84. The fourth-order valence-corrected chi connectivity index (χ4v) is 4.73. The Balaban J connectivity index is 1.44. The highest BCUT2D eigenvalue weighted by atomic mass is 15.4. The standard InChI is InChI=1S/C30H29N9/c1-20-6-4-8-28(35-20)30-29(36-37-39(30)21(2)23-7-5-11-32-16-23)22-9-10-27-24(14-22)15-25(17-33-27)26-18-34-38(19-26)13-12-31-3/h4-11,14-19,21,31H,12-13H2,1-3H3. The number of fused-ring (bicyclic) bond motifs is 1. The summed E-state index contributed by atoms with van der Waals surface area (Å²) in [7, 11) is 1.94. The van der Waals surface area contributed by atoms with Crippen LogP contribution < -0.4 is 5.32 Å². The molecule has 6 aromatic rings. The Morgan fingerprint density at radius 1 is 0.949 bits per heavy atom. The SMILES string of the molecule is CNCCn1cc(-c2cnc3ccc(-c4nnn(C(C)c5cccnc5)c4-c4cccc(C)n4)cc3c2)cn1. The molecule has 0 aliphatic carbocycles. The van der Waals surface area contributed by atoms with E-state index in [4.69, 9.17) is 9.97 Å². The number of nitrogens with zero attached hydrogens (tertiary/aromatic N) is 8. The summed E-state index contributed by atoms with van der Waals surface area (Å²) >= 11 is 0. The van der Waals surface area contributed by atoms with Crippen LogP contribution in [0.3, 0.4) is 0 Å².